The molecule has 0 radical (unpaired) electrons. The summed E-state index contributed by atoms with van der Waals surface area (Å²) in [6.07, 6.45) is 5.06. The van der Waals surface area contributed by atoms with Crippen molar-refractivity contribution in [1.29, 1.82) is 0 Å². The first-order valence-corrected chi connectivity index (χ1v) is 5.73. The normalized spacial score (nSPS) is 10.6. The third-order valence-electron chi connectivity index (χ3n) is 3.09. The maximum absolute atomic E-state index is 5.10. The van der Waals surface area contributed by atoms with Gasteiger partial charge in [-0.25, -0.2) is 0 Å². The Kier molecular flexibility index (Phi) is 11.9. The van der Waals surface area contributed by atoms with Crippen LogP contribution in [0, 0.1) is 5.41 Å². The van der Waals surface area contributed by atoms with E-state index in [1.54, 1.807) is 7.11 Å². The molecule has 0 fully saturated rings. The van der Waals surface area contributed by atoms with E-state index in [2.05, 4.69) is 20.8 Å². The molecule has 82 valence electrons. The van der Waals surface area contributed by atoms with Crippen molar-refractivity contribution >= 4 is 0 Å². The second kappa shape index (κ2) is 10.0. The number of hydrogen-bond acceptors (Lipinski definition) is 1. The van der Waals surface area contributed by atoms with Gasteiger partial charge in [0.05, 0.1) is 0 Å². The SMILES string of the molecule is CC.CCC(CC)(CC)CCOC. The Morgan fingerprint density at radius 1 is 0.923 bits per heavy atom. The molecule has 0 aromatic carbocycles. The minimum absolute atomic E-state index is 0.552. The fraction of sp³-hybridized carbons (Fsp3) is 1.00. The predicted octanol–water partition coefficient (Wildman–Crippen LogP) is 4.27. The summed E-state index contributed by atoms with van der Waals surface area (Å²) in [6, 6.07) is 0. The number of methoxy groups -OCH3 is 1. The first-order chi connectivity index (χ1) is 6.24. The summed E-state index contributed by atoms with van der Waals surface area (Å²) in [6.45, 7) is 11.8. The molecule has 1 heteroatoms. The molecule has 0 rings (SSSR count). The monoisotopic (exact) mass is 188 g/mol. The van der Waals surface area contributed by atoms with Gasteiger partial charge in [-0.15, -0.1) is 0 Å². The highest BCUT2D eigenvalue weighted by Gasteiger charge is 2.22. The quantitative estimate of drug-likeness (QED) is 0.605. The zero-order valence-corrected chi connectivity index (χ0v) is 10.4. The molecule has 0 atom stereocenters. The van der Waals surface area contributed by atoms with E-state index in [0.29, 0.717) is 5.41 Å². The summed E-state index contributed by atoms with van der Waals surface area (Å²) in [5.41, 5.74) is 0.552. The third-order valence-corrected chi connectivity index (χ3v) is 3.09. The van der Waals surface area contributed by atoms with Gasteiger partial charge in [-0.3, -0.25) is 0 Å². The van der Waals surface area contributed by atoms with Gasteiger partial charge in [-0.2, -0.15) is 0 Å². The second-order valence-corrected chi connectivity index (χ2v) is 3.30. The molecule has 0 saturated carbocycles. The Hall–Kier alpha value is -0.0400. The summed E-state index contributed by atoms with van der Waals surface area (Å²) < 4.78 is 5.10. The molecule has 0 aliphatic carbocycles. The first kappa shape index (κ1) is 15.4. The topological polar surface area (TPSA) is 9.23 Å². The van der Waals surface area contributed by atoms with E-state index in [1.807, 2.05) is 13.8 Å². The average molecular weight is 188 g/mol. The second-order valence-electron chi connectivity index (χ2n) is 3.30. The Balaban J connectivity index is 0. The lowest BCUT2D eigenvalue weighted by Crippen LogP contribution is -2.19. The first-order valence-electron chi connectivity index (χ1n) is 5.73. The summed E-state index contributed by atoms with van der Waals surface area (Å²) >= 11 is 0. The molecule has 0 unspecified atom stereocenters. The van der Waals surface area contributed by atoms with E-state index in [4.69, 9.17) is 4.74 Å². The van der Waals surface area contributed by atoms with Crippen molar-refractivity contribution in [3.63, 3.8) is 0 Å². The van der Waals surface area contributed by atoms with Gasteiger partial charge in [0.1, 0.15) is 0 Å². The van der Waals surface area contributed by atoms with Crippen LogP contribution >= 0.6 is 0 Å². The van der Waals surface area contributed by atoms with Crippen LogP contribution in [-0.2, 0) is 4.74 Å². The molecule has 0 aromatic rings. The van der Waals surface area contributed by atoms with Gasteiger partial charge < -0.3 is 4.74 Å². The maximum Gasteiger partial charge on any atom is 0.0467 e. The van der Waals surface area contributed by atoms with Gasteiger partial charge in [0, 0.05) is 13.7 Å². The molecule has 13 heavy (non-hydrogen) atoms. The molecule has 0 saturated heterocycles. The zero-order chi connectivity index (χ0) is 10.7. The van der Waals surface area contributed by atoms with Crippen LogP contribution in [0.2, 0.25) is 0 Å². The van der Waals surface area contributed by atoms with Crippen LogP contribution in [-0.4, -0.2) is 13.7 Å². The number of hydrogen-bond donors (Lipinski definition) is 0. The summed E-state index contributed by atoms with van der Waals surface area (Å²) in [5, 5.41) is 0. The Morgan fingerprint density at radius 2 is 1.31 bits per heavy atom. The Morgan fingerprint density at radius 3 is 1.54 bits per heavy atom. The highest BCUT2D eigenvalue weighted by Crippen LogP contribution is 2.33. The van der Waals surface area contributed by atoms with Crippen LogP contribution in [0.25, 0.3) is 0 Å². The van der Waals surface area contributed by atoms with Gasteiger partial charge in [-0.1, -0.05) is 53.9 Å². The van der Waals surface area contributed by atoms with E-state index >= 15 is 0 Å². The maximum atomic E-state index is 5.10. The average Bonchev–Trinajstić information content (AvgIpc) is 2.24. The smallest absolute Gasteiger partial charge is 0.0467 e. The lowest BCUT2D eigenvalue weighted by molar-refractivity contribution is 0.124. The Labute approximate surface area is 84.9 Å². The van der Waals surface area contributed by atoms with Crippen LogP contribution in [0.1, 0.15) is 60.3 Å². The summed E-state index contributed by atoms with van der Waals surface area (Å²) in [5.74, 6) is 0. The van der Waals surface area contributed by atoms with Crippen molar-refractivity contribution in [2.75, 3.05) is 13.7 Å². The van der Waals surface area contributed by atoms with Gasteiger partial charge >= 0.3 is 0 Å². The molecule has 0 heterocycles. The van der Waals surface area contributed by atoms with Gasteiger partial charge in [0.15, 0.2) is 0 Å². The van der Waals surface area contributed by atoms with Crippen LogP contribution in [0.4, 0.5) is 0 Å². The lowest BCUT2D eigenvalue weighted by Gasteiger charge is -2.29. The van der Waals surface area contributed by atoms with Gasteiger partial charge in [0.2, 0.25) is 0 Å². The van der Waals surface area contributed by atoms with E-state index < -0.39 is 0 Å². The molecule has 0 bridgehead atoms. The van der Waals surface area contributed by atoms with E-state index in [0.717, 1.165) is 6.61 Å². The van der Waals surface area contributed by atoms with Crippen molar-refractivity contribution in [2.24, 2.45) is 5.41 Å². The van der Waals surface area contributed by atoms with Crippen molar-refractivity contribution in [3.8, 4) is 0 Å². The van der Waals surface area contributed by atoms with Crippen LogP contribution in [0.5, 0.6) is 0 Å². The fourth-order valence-electron chi connectivity index (χ4n) is 1.60. The van der Waals surface area contributed by atoms with Crippen molar-refractivity contribution in [3.05, 3.63) is 0 Å². The molecule has 0 aliphatic heterocycles. The number of ether oxygens (including phenoxy) is 1. The molecule has 0 aromatic heterocycles. The molecule has 0 amide bonds. The van der Waals surface area contributed by atoms with Crippen LogP contribution in [0.3, 0.4) is 0 Å². The fourth-order valence-corrected chi connectivity index (χ4v) is 1.60. The van der Waals surface area contributed by atoms with Crippen molar-refractivity contribution < 1.29 is 4.74 Å². The molecular weight excluding hydrogens is 160 g/mol. The Bertz CT molecular complexity index is 76.9. The standard InChI is InChI=1S/C10H22O.C2H6/c1-5-10(6-2,7-3)8-9-11-4;1-2/h5-9H2,1-4H3;1-2H3. The van der Waals surface area contributed by atoms with Gasteiger partial charge in [-0.05, 0) is 11.8 Å². The highest BCUT2D eigenvalue weighted by molar-refractivity contribution is 4.74. The number of rotatable bonds is 6. The van der Waals surface area contributed by atoms with Crippen molar-refractivity contribution in [1.82, 2.24) is 0 Å². The van der Waals surface area contributed by atoms with Crippen LogP contribution < -0.4 is 0 Å². The molecular formula is C12H28O. The van der Waals surface area contributed by atoms with Crippen LogP contribution in [0.15, 0.2) is 0 Å². The molecule has 0 aliphatic rings. The summed E-state index contributed by atoms with van der Waals surface area (Å²) in [4.78, 5) is 0. The highest BCUT2D eigenvalue weighted by atomic mass is 16.5. The zero-order valence-electron chi connectivity index (χ0n) is 10.4. The third kappa shape index (κ3) is 6.09. The molecule has 0 spiro atoms. The van der Waals surface area contributed by atoms with Crippen molar-refractivity contribution in [2.45, 2.75) is 60.3 Å². The minimum atomic E-state index is 0.552. The minimum Gasteiger partial charge on any atom is -0.385 e. The van der Waals surface area contributed by atoms with E-state index in [1.165, 1.54) is 25.7 Å². The van der Waals surface area contributed by atoms with E-state index in [9.17, 15) is 0 Å². The summed E-state index contributed by atoms with van der Waals surface area (Å²) in [7, 11) is 1.78. The lowest BCUT2D eigenvalue weighted by atomic mass is 9.77. The largest absolute Gasteiger partial charge is 0.385 e. The molecule has 0 N–H and O–H groups in total. The predicted molar refractivity (Wildman–Crippen MR) is 61.1 cm³/mol. The van der Waals surface area contributed by atoms with Gasteiger partial charge in [0.25, 0.3) is 0 Å². The molecule has 1 nitrogen and oxygen atoms in total. The van der Waals surface area contributed by atoms with E-state index in [-0.39, 0.29) is 0 Å².